The molecule has 1 aliphatic rings. The number of hydrogen-bond acceptors (Lipinski definition) is 3. The van der Waals surface area contributed by atoms with Crippen LogP contribution in [0.5, 0.6) is 5.75 Å². The predicted molar refractivity (Wildman–Crippen MR) is 86.2 cm³/mol. The predicted octanol–water partition coefficient (Wildman–Crippen LogP) is 2.65. The van der Waals surface area contributed by atoms with E-state index >= 15 is 0 Å². The maximum Gasteiger partial charge on any atom is 0.317 e. The van der Waals surface area contributed by atoms with Gasteiger partial charge in [-0.3, -0.25) is 0 Å². The van der Waals surface area contributed by atoms with E-state index < -0.39 is 0 Å². The van der Waals surface area contributed by atoms with Gasteiger partial charge in [-0.05, 0) is 37.8 Å². The van der Waals surface area contributed by atoms with Crippen LogP contribution in [0, 0.1) is 5.92 Å². The third-order valence-electron chi connectivity index (χ3n) is 3.92. The molecule has 1 aromatic carbocycles. The number of ether oxygens (including phenoxy) is 1. The van der Waals surface area contributed by atoms with Gasteiger partial charge in [-0.1, -0.05) is 17.7 Å². The van der Waals surface area contributed by atoms with E-state index in [1.54, 1.807) is 17.0 Å². The summed E-state index contributed by atoms with van der Waals surface area (Å²) in [5.74, 6) is 1.03. The monoisotopic (exact) mass is 326 g/mol. The maximum absolute atomic E-state index is 12.2. The normalized spacial score (nSPS) is 15.7. The van der Waals surface area contributed by atoms with E-state index in [2.05, 4.69) is 5.32 Å². The van der Waals surface area contributed by atoms with Crippen LogP contribution in [0.4, 0.5) is 4.79 Å². The number of urea groups is 1. The summed E-state index contributed by atoms with van der Waals surface area (Å²) in [5, 5.41) is 12.7. The minimum Gasteiger partial charge on any atom is -0.493 e. The molecule has 5 nitrogen and oxygen atoms in total. The number of likely N-dealkylation sites (tertiary alicyclic amines) is 1. The van der Waals surface area contributed by atoms with E-state index in [9.17, 15) is 4.79 Å². The van der Waals surface area contributed by atoms with Crippen molar-refractivity contribution < 1.29 is 14.6 Å². The molecule has 0 atom stereocenters. The summed E-state index contributed by atoms with van der Waals surface area (Å²) in [7, 11) is 0. The third kappa shape index (κ3) is 4.52. The van der Waals surface area contributed by atoms with Crippen molar-refractivity contribution in [1.82, 2.24) is 10.2 Å². The lowest BCUT2D eigenvalue weighted by atomic mass is 9.98. The Bertz CT molecular complexity index is 502. The SMILES string of the molecule is CCOc1cc(Cl)ccc1CNC(=O)N1CCC(CO)CC1. The Labute approximate surface area is 136 Å². The van der Waals surface area contributed by atoms with Gasteiger partial charge in [-0.25, -0.2) is 4.79 Å². The van der Waals surface area contributed by atoms with E-state index in [-0.39, 0.29) is 12.6 Å². The molecule has 0 saturated carbocycles. The van der Waals surface area contributed by atoms with Crippen molar-refractivity contribution >= 4 is 17.6 Å². The summed E-state index contributed by atoms with van der Waals surface area (Å²) >= 11 is 5.97. The van der Waals surface area contributed by atoms with Gasteiger partial charge in [-0.2, -0.15) is 0 Å². The first-order chi connectivity index (χ1) is 10.6. The van der Waals surface area contributed by atoms with Crippen LogP contribution in [0.15, 0.2) is 18.2 Å². The van der Waals surface area contributed by atoms with Gasteiger partial charge in [0.15, 0.2) is 0 Å². The summed E-state index contributed by atoms with van der Waals surface area (Å²) in [6.45, 7) is 4.46. The molecule has 0 spiro atoms. The first-order valence-corrected chi connectivity index (χ1v) is 8.06. The highest BCUT2D eigenvalue weighted by atomic mass is 35.5. The van der Waals surface area contributed by atoms with Crippen molar-refractivity contribution in [2.24, 2.45) is 5.92 Å². The molecule has 0 unspecified atom stereocenters. The van der Waals surface area contributed by atoms with Crippen molar-refractivity contribution in [2.75, 3.05) is 26.3 Å². The largest absolute Gasteiger partial charge is 0.493 e. The van der Waals surface area contributed by atoms with E-state index in [1.807, 2.05) is 13.0 Å². The van der Waals surface area contributed by atoms with Gasteiger partial charge in [0.05, 0.1) is 6.61 Å². The standard InChI is InChI=1S/C16H23ClN2O3/c1-2-22-15-9-14(17)4-3-13(15)10-18-16(21)19-7-5-12(11-20)6-8-19/h3-4,9,12,20H,2,5-8,10-11H2,1H3,(H,18,21). The quantitative estimate of drug-likeness (QED) is 0.874. The number of rotatable bonds is 5. The molecule has 122 valence electrons. The number of aliphatic hydroxyl groups excluding tert-OH is 1. The second-order valence-corrected chi connectivity index (χ2v) is 5.89. The summed E-state index contributed by atoms with van der Waals surface area (Å²) in [6, 6.07) is 5.34. The Morgan fingerprint density at radius 3 is 2.82 bits per heavy atom. The van der Waals surface area contributed by atoms with Gasteiger partial charge in [0, 0.05) is 36.8 Å². The molecule has 0 radical (unpaired) electrons. The van der Waals surface area contributed by atoms with Crippen LogP contribution in [-0.2, 0) is 6.54 Å². The van der Waals surface area contributed by atoms with Gasteiger partial charge in [-0.15, -0.1) is 0 Å². The van der Waals surface area contributed by atoms with Gasteiger partial charge >= 0.3 is 6.03 Å². The molecule has 6 heteroatoms. The fraction of sp³-hybridized carbons (Fsp3) is 0.562. The van der Waals surface area contributed by atoms with Crippen LogP contribution in [0.25, 0.3) is 0 Å². The molecular weight excluding hydrogens is 304 g/mol. The highest BCUT2D eigenvalue weighted by Crippen LogP contribution is 2.23. The number of carbonyl (C=O) groups is 1. The van der Waals surface area contributed by atoms with Crippen LogP contribution in [-0.4, -0.2) is 42.3 Å². The Morgan fingerprint density at radius 1 is 1.45 bits per heavy atom. The minimum atomic E-state index is -0.0752. The molecule has 22 heavy (non-hydrogen) atoms. The Kier molecular flexibility index (Phi) is 6.34. The molecule has 1 aliphatic heterocycles. The number of benzene rings is 1. The van der Waals surface area contributed by atoms with Crippen molar-refractivity contribution in [2.45, 2.75) is 26.3 Å². The van der Waals surface area contributed by atoms with Crippen LogP contribution >= 0.6 is 11.6 Å². The molecule has 1 saturated heterocycles. The Balaban J connectivity index is 1.88. The summed E-state index contributed by atoms with van der Waals surface area (Å²) < 4.78 is 5.55. The highest BCUT2D eigenvalue weighted by Gasteiger charge is 2.22. The van der Waals surface area contributed by atoms with E-state index in [0.29, 0.717) is 42.9 Å². The average molecular weight is 327 g/mol. The Hall–Kier alpha value is -1.46. The van der Waals surface area contributed by atoms with Crippen molar-refractivity contribution in [3.63, 3.8) is 0 Å². The second-order valence-electron chi connectivity index (χ2n) is 5.46. The number of nitrogens with zero attached hydrogens (tertiary/aromatic N) is 1. The van der Waals surface area contributed by atoms with Crippen molar-refractivity contribution in [1.29, 1.82) is 0 Å². The van der Waals surface area contributed by atoms with Gasteiger partial charge in [0.25, 0.3) is 0 Å². The van der Waals surface area contributed by atoms with Gasteiger partial charge in [0.2, 0.25) is 0 Å². The number of aliphatic hydroxyl groups is 1. The minimum absolute atomic E-state index is 0.0752. The fourth-order valence-electron chi connectivity index (χ4n) is 2.57. The summed E-state index contributed by atoms with van der Waals surface area (Å²) in [6.07, 6.45) is 1.71. The third-order valence-corrected chi connectivity index (χ3v) is 4.15. The average Bonchev–Trinajstić information content (AvgIpc) is 2.54. The van der Waals surface area contributed by atoms with Crippen molar-refractivity contribution in [3.8, 4) is 5.75 Å². The fourth-order valence-corrected chi connectivity index (χ4v) is 2.73. The molecule has 2 rings (SSSR count). The highest BCUT2D eigenvalue weighted by molar-refractivity contribution is 6.30. The van der Waals surface area contributed by atoms with Crippen LogP contribution in [0.1, 0.15) is 25.3 Å². The number of amides is 2. The number of halogens is 1. The lowest BCUT2D eigenvalue weighted by Crippen LogP contribution is -2.44. The maximum atomic E-state index is 12.2. The lowest BCUT2D eigenvalue weighted by Gasteiger charge is -2.31. The molecule has 0 bridgehead atoms. The molecule has 2 amide bonds. The van der Waals surface area contributed by atoms with Gasteiger partial charge in [0.1, 0.15) is 5.75 Å². The molecule has 2 N–H and O–H groups in total. The lowest BCUT2D eigenvalue weighted by molar-refractivity contribution is 0.137. The van der Waals surface area contributed by atoms with Crippen molar-refractivity contribution in [3.05, 3.63) is 28.8 Å². The molecule has 1 fully saturated rings. The number of nitrogens with one attached hydrogen (secondary N) is 1. The van der Waals surface area contributed by atoms with E-state index in [0.717, 1.165) is 18.4 Å². The molecule has 1 aromatic rings. The molecular formula is C16H23ClN2O3. The Morgan fingerprint density at radius 2 is 2.18 bits per heavy atom. The van der Waals surface area contributed by atoms with E-state index in [4.69, 9.17) is 21.4 Å². The first-order valence-electron chi connectivity index (χ1n) is 7.69. The van der Waals surface area contributed by atoms with Crippen LogP contribution < -0.4 is 10.1 Å². The number of hydrogen-bond donors (Lipinski definition) is 2. The zero-order valence-corrected chi connectivity index (χ0v) is 13.6. The number of carbonyl (C=O) groups excluding carboxylic acids is 1. The molecule has 0 aliphatic carbocycles. The molecule has 1 heterocycles. The second kappa shape index (κ2) is 8.25. The van der Waals surface area contributed by atoms with Crippen LogP contribution in [0.2, 0.25) is 5.02 Å². The topological polar surface area (TPSA) is 61.8 Å². The summed E-state index contributed by atoms with van der Waals surface area (Å²) in [5.41, 5.74) is 0.907. The molecule has 0 aromatic heterocycles. The smallest absolute Gasteiger partial charge is 0.317 e. The zero-order chi connectivity index (χ0) is 15.9. The zero-order valence-electron chi connectivity index (χ0n) is 12.8. The van der Waals surface area contributed by atoms with Crippen LogP contribution in [0.3, 0.4) is 0 Å². The van der Waals surface area contributed by atoms with E-state index in [1.165, 1.54) is 0 Å². The van der Waals surface area contributed by atoms with Gasteiger partial charge < -0.3 is 20.1 Å². The number of piperidine rings is 1. The summed E-state index contributed by atoms with van der Waals surface area (Å²) in [4.78, 5) is 14.0. The first kappa shape index (κ1) is 16.9.